The molecule has 0 atom stereocenters. The minimum Gasteiger partial charge on any atom is -0.372 e. The molecule has 0 unspecified atom stereocenters. The van der Waals surface area contributed by atoms with E-state index in [2.05, 4.69) is 55.4 Å². The Morgan fingerprint density at radius 2 is 1.50 bits per heavy atom. The van der Waals surface area contributed by atoms with Gasteiger partial charge in [0.1, 0.15) is 0 Å². The smallest absolute Gasteiger partial charge is 0.227 e. The molecule has 28 heavy (non-hydrogen) atoms. The van der Waals surface area contributed by atoms with Gasteiger partial charge in [0.2, 0.25) is 11.8 Å². The van der Waals surface area contributed by atoms with Gasteiger partial charge in [-0.25, -0.2) is 0 Å². The standard InChI is InChI=1S/C23H37N3O2/c1-5-26(6-2)21-13-11-20(12-14-21)25-23(28)19-9-7-18(8-10-19)22(27)24-16-15-17(3)4/h11-14,17-19H,5-10,15-16H2,1-4H3,(H,24,27)(H,25,28). The molecule has 0 saturated heterocycles. The molecule has 0 heterocycles. The summed E-state index contributed by atoms with van der Waals surface area (Å²) in [5, 5.41) is 6.09. The zero-order valence-electron chi connectivity index (χ0n) is 18.0. The number of carbonyl (C=O) groups excluding carboxylic acids is 2. The van der Waals surface area contributed by atoms with Crippen LogP contribution in [0.25, 0.3) is 0 Å². The van der Waals surface area contributed by atoms with Crippen LogP contribution in [0.3, 0.4) is 0 Å². The SMILES string of the molecule is CCN(CC)c1ccc(NC(=O)C2CCC(C(=O)NCCC(C)C)CC2)cc1. The summed E-state index contributed by atoms with van der Waals surface area (Å²) in [6.07, 6.45) is 4.17. The number of hydrogen-bond donors (Lipinski definition) is 2. The molecule has 1 aromatic rings. The van der Waals surface area contributed by atoms with E-state index in [0.717, 1.165) is 57.4 Å². The molecule has 0 aliphatic heterocycles. The highest BCUT2D eigenvalue weighted by Gasteiger charge is 2.29. The highest BCUT2D eigenvalue weighted by atomic mass is 16.2. The van der Waals surface area contributed by atoms with Gasteiger partial charge in [-0.15, -0.1) is 0 Å². The highest BCUT2D eigenvalue weighted by Crippen LogP contribution is 2.30. The molecule has 5 nitrogen and oxygen atoms in total. The van der Waals surface area contributed by atoms with Crippen molar-refractivity contribution < 1.29 is 9.59 Å². The van der Waals surface area contributed by atoms with Crippen LogP contribution in [0.15, 0.2) is 24.3 Å². The second-order valence-electron chi connectivity index (χ2n) is 8.23. The van der Waals surface area contributed by atoms with Crippen LogP contribution in [0.4, 0.5) is 11.4 Å². The Hall–Kier alpha value is -2.04. The summed E-state index contributed by atoms with van der Waals surface area (Å²) in [4.78, 5) is 27.1. The van der Waals surface area contributed by atoms with Crippen LogP contribution in [0, 0.1) is 17.8 Å². The molecule has 1 fully saturated rings. The van der Waals surface area contributed by atoms with Gasteiger partial charge in [-0.05, 0) is 76.1 Å². The molecule has 0 aromatic heterocycles. The average molecular weight is 388 g/mol. The van der Waals surface area contributed by atoms with E-state index in [0.29, 0.717) is 5.92 Å². The number of anilines is 2. The Labute approximate surface area is 170 Å². The predicted octanol–water partition coefficient (Wildman–Crippen LogP) is 4.44. The summed E-state index contributed by atoms with van der Waals surface area (Å²) < 4.78 is 0. The van der Waals surface area contributed by atoms with Crippen LogP contribution in [-0.4, -0.2) is 31.4 Å². The molecule has 156 valence electrons. The number of hydrogen-bond acceptors (Lipinski definition) is 3. The highest BCUT2D eigenvalue weighted by molar-refractivity contribution is 5.93. The predicted molar refractivity (Wildman–Crippen MR) is 117 cm³/mol. The molecule has 0 radical (unpaired) electrons. The zero-order chi connectivity index (χ0) is 20.5. The van der Waals surface area contributed by atoms with Crippen LogP contribution in [0.5, 0.6) is 0 Å². The van der Waals surface area contributed by atoms with E-state index < -0.39 is 0 Å². The largest absolute Gasteiger partial charge is 0.372 e. The van der Waals surface area contributed by atoms with E-state index in [1.807, 2.05) is 12.1 Å². The van der Waals surface area contributed by atoms with E-state index >= 15 is 0 Å². The van der Waals surface area contributed by atoms with Crippen LogP contribution in [0.1, 0.15) is 59.8 Å². The first kappa shape index (κ1) is 22.3. The van der Waals surface area contributed by atoms with Gasteiger partial charge in [0.25, 0.3) is 0 Å². The lowest BCUT2D eigenvalue weighted by molar-refractivity contribution is -0.128. The van der Waals surface area contributed by atoms with Crippen molar-refractivity contribution in [2.75, 3.05) is 29.9 Å². The number of rotatable bonds is 9. The molecule has 1 aliphatic carbocycles. The van der Waals surface area contributed by atoms with Crippen molar-refractivity contribution >= 4 is 23.2 Å². The number of carbonyl (C=O) groups is 2. The molecule has 5 heteroatoms. The van der Waals surface area contributed by atoms with E-state index in [9.17, 15) is 9.59 Å². The number of amides is 2. The van der Waals surface area contributed by atoms with Crippen LogP contribution >= 0.6 is 0 Å². The van der Waals surface area contributed by atoms with Gasteiger partial charge in [-0.1, -0.05) is 13.8 Å². The Morgan fingerprint density at radius 3 is 2.00 bits per heavy atom. The Bertz CT molecular complexity index is 615. The molecule has 0 spiro atoms. The topological polar surface area (TPSA) is 61.4 Å². The quantitative estimate of drug-likeness (QED) is 0.658. The fourth-order valence-corrected chi connectivity index (χ4v) is 3.83. The molecule has 1 saturated carbocycles. The molecule has 1 aliphatic rings. The summed E-state index contributed by atoms with van der Waals surface area (Å²) in [7, 11) is 0. The fourth-order valence-electron chi connectivity index (χ4n) is 3.83. The first-order valence-electron chi connectivity index (χ1n) is 10.9. The van der Waals surface area contributed by atoms with E-state index in [1.165, 1.54) is 5.69 Å². The van der Waals surface area contributed by atoms with Crippen molar-refractivity contribution in [3.8, 4) is 0 Å². The van der Waals surface area contributed by atoms with Crippen molar-refractivity contribution in [2.45, 2.75) is 59.8 Å². The Morgan fingerprint density at radius 1 is 0.964 bits per heavy atom. The minimum atomic E-state index is 0.00201. The molecule has 2 amide bonds. The number of nitrogens with zero attached hydrogens (tertiary/aromatic N) is 1. The second kappa shape index (κ2) is 11.1. The minimum absolute atomic E-state index is 0.00201. The van der Waals surface area contributed by atoms with Crippen molar-refractivity contribution in [1.82, 2.24) is 5.32 Å². The second-order valence-corrected chi connectivity index (χ2v) is 8.23. The number of nitrogens with one attached hydrogen (secondary N) is 2. The van der Waals surface area contributed by atoms with Crippen molar-refractivity contribution in [3.63, 3.8) is 0 Å². The average Bonchev–Trinajstić information content (AvgIpc) is 2.70. The number of benzene rings is 1. The maximum atomic E-state index is 12.6. The summed E-state index contributed by atoms with van der Waals surface area (Å²) in [6, 6.07) is 8.06. The van der Waals surface area contributed by atoms with Gasteiger partial charge >= 0.3 is 0 Å². The van der Waals surface area contributed by atoms with Gasteiger partial charge in [-0.2, -0.15) is 0 Å². The van der Waals surface area contributed by atoms with Crippen LogP contribution < -0.4 is 15.5 Å². The third-order valence-electron chi connectivity index (χ3n) is 5.75. The summed E-state index contributed by atoms with van der Waals surface area (Å²) >= 11 is 0. The van der Waals surface area contributed by atoms with Gasteiger partial charge in [0, 0.05) is 42.8 Å². The molecule has 1 aromatic carbocycles. The van der Waals surface area contributed by atoms with Gasteiger partial charge in [-0.3, -0.25) is 9.59 Å². The van der Waals surface area contributed by atoms with E-state index in [1.54, 1.807) is 0 Å². The van der Waals surface area contributed by atoms with Crippen molar-refractivity contribution in [1.29, 1.82) is 0 Å². The first-order chi connectivity index (χ1) is 13.4. The first-order valence-corrected chi connectivity index (χ1v) is 10.9. The fraction of sp³-hybridized carbons (Fsp3) is 0.652. The lowest BCUT2D eigenvalue weighted by Crippen LogP contribution is -2.36. The van der Waals surface area contributed by atoms with Crippen LogP contribution in [-0.2, 0) is 9.59 Å². The van der Waals surface area contributed by atoms with Gasteiger partial charge in [0.05, 0.1) is 0 Å². The van der Waals surface area contributed by atoms with Crippen molar-refractivity contribution in [3.05, 3.63) is 24.3 Å². The lowest BCUT2D eigenvalue weighted by atomic mass is 9.81. The van der Waals surface area contributed by atoms with Gasteiger partial charge < -0.3 is 15.5 Å². The molecular formula is C23H37N3O2. The maximum Gasteiger partial charge on any atom is 0.227 e. The summed E-state index contributed by atoms with van der Waals surface area (Å²) in [6.45, 7) is 11.3. The molecule has 0 bridgehead atoms. The molecular weight excluding hydrogens is 350 g/mol. The maximum absolute atomic E-state index is 12.6. The molecule has 2 N–H and O–H groups in total. The summed E-state index contributed by atoms with van der Waals surface area (Å²) in [5.74, 6) is 0.897. The Balaban J connectivity index is 1.78. The summed E-state index contributed by atoms with van der Waals surface area (Å²) in [5.41, 5.74) is 2.02. The monoisotopic (exact) mass is 387 g/mol. The zero-order valence-corrected chi connectivity index (χ0v) is 18.0. The third-order valence-corrected chi connectivity index (χ3v) is 5.75. The van der Waals surface area contributed by atoms with Gasteiger partial charge in [0.15, 0.2) is 0 Å². The normalized spacial score (nSPS) is 19.3. The van der Waals surface area contributed by atoms with E-state index in [-0.39, 0.29) is 23.7 Å². The van der Waals surface area contributed by atoms with Crippen LogP contribution in [0.2, 0.25) is 0 Å². The lowest BCUT2D eigenvalue weighted by Gasteiger charge is -2.27. The van der Waals surface area contributed by atoms with E-state index in [4.69, 9.17) is 0 Å². The molecule has 2 rings (SSSR count). The Kier molecular flexibility index (Phi) is 8.81. The van der Waals surface area contributed by atoms with Crippen molar-refractivity contribution in [2.24, 2.45) is 17.8 Å². The third kappa shape index (κ3) is 6.54.